The Hall–Kier alpha value is -0.730. The lowest BCUT2D eigenvalue weighted by Gasteiger charge is -2.36. The number of hydrogen-bond acceptors (Lipinski definition) is 7. The second-order valence-corrected chi connectivity index (χ2v) is 4.65. The molecule has 0 bridgehead atoms. The van der Waals surface area contributed by atoms with Gasteiger partial charge >= 0.3 is 5.97 Å². The molecule has 1 aliphatic rings. The number of aliphatic hydroxyl groups is 4. The van der Waals surface area contributed by atoms with Gasteiger partial charge in [-0.05, 0) is 6.42 Å². The fourth-order valence-corrected chi connectivity index (χ4v) is 1.84. The highest BCUT2D eigenvalue weighted by molar-refractivity contribution is 5.75. The Morgan fingerprint density at radius 3 is 2.37 bits per heavy atom. The summed E-state index contributed by atoms with van der Waals surface area (Å²) in [7, 11) is 0. The quantitative estimate of drug-likeness (QED) is 0.360. The summed E-state index contributed by atoms with van der Waals surface area (Å²) in [6.45, 7) is 2.26. The predicted octanol–water partition coefficient (Wildman–Crippen LogP) is -1.09. The topological polar surface area (TPSA) is 116 Å². The molecule has 1 heterocycles. The average molecular weight is 278 g/mol. The zero-order chi connectivity index (χ0) is 14.4. The van der Waals surface area contributed by atoms with Crippen molar-refractivity contribution in [1.29, 1.82) is 0 Å². The van der Waals surface area contributed by atoms with Gasteiger partial charge in [-0.25, -0.2) is 4.79 Å². The van der Waals surface area contributed by atoms with Crippen molar-refractivity contribution in [2.45, 2.75) is 63.3 Å². The van der Waals surface area contributed by atoms with Gasteiger partial charge < -0.3 is 29.9 Å². The molecule has 0 spiro atoms. The number of hydrogen-bond donors (Lipinski definition) is 4. The SMILES string of the molecule is CCCCCCOC(=O)[C@H]1O[C@@H](O)[C@H](O)[C@@H](O)[C@@H]1O. The highest BCUT2D eigenvalue weighted by atomic mass is 16.7. The van der Waals surface area contributed by atoms with Gasteiger partial charge in [0.05, 0.1) is 6.61 Å². The second kappa shape index (κ2) is 7.76. The minimum absolute atomic E-state index is 0.195. The van der Waals surface area contributed by atoms with Crippen LogP contribution < -0.4 is 0 Å². The number of carbonyl (C=O) groups is 1. The standard InChI is InChI=1S/C12H22O7/c1-2-3-4-5-6-18-12(17)10-8(14)7(13)9(15)11(16)19-10/h7-11,13-16H,2-6H2,1H3/t7-,8-,9+,10-,11+/m0/s1. The van der Waals surface area contributed by atoms with Crippen molar-refractivity contribution >= 4 is 5.97 Å². The van der Waals surface area contributed by atoms with Crippen molar-refractivity contribution in [3.05, 3.63) is 0 Å². The van der Waals surface area contributed by atoms with Crippen molar-refractivity contribution in [3.8, 4) is 0 Å². The monoisotopic (exact) mass is 278 g/mol. The highest BCUT2D eigenvalue weighted by Gasteiger charge is 2.46. The van der Waals surface area contributed by atoms with Gasteiger partial charge in [-0.3, -0.25) is 0 Å². The third kappa shape index (κ3) is 4.39. The Bertz CT molecular complexity index is 283. The molecule has 1 rings (SSSR count). The van der Waals surface area contributed by atoms with E-state index in [-0.39, 0.29) is 6.61 Å². The summed E-state index contributed by atoms with van der Waals surface area (Å²) in [6, 6.07) is 0. The van der Waals surface area contributed by atoms with Crippen LogP contribution in [0.4, 0.5) is 0 Å². The normalized spacial score (nSPS) is 35.1. The Labute approximate surface area is 111 Å². The first-order valence-corrected chi connectivity index (χ1v) is 6.53. The number of unbranched alkanes of at least 4 members (excludes halogenated alkanes) is 3. The number of carbonyl (C=O) groups excluding carboxylic acids is 1. The molecule has 0 aromatic heterocycles. The Kier molecular flexibility index (Phi) is 6.67. The lowest BCUT2D eigenvalue weighted by atomic mass is 9.99. The average Bonchev–Trinajstić information content (AvgIpc) is 2.40. The highest BCUT2D eigenvalue weighted by Crippen LogP contribution is 2.20. The summed E-state index contributed by atoms with van der Waals surface area (Å²) >= 11 is 0. The van der Waals surface area contributed by atoms with Crippen LogP contribution in [0.15, 0.2) is 0 Å². The van der Waals surface area contributed by atoms with E-state index in [4.69, 9.17) is 9.47 Å². The maximum absolute atomic E-state index is 11.6. The number of esters is 1. The molecule has 0 aromatic rings. The maximum Gasteiger partial charge on any atom is 0.338 e. The maximum atomic E-state index is 11.6. The van der Waals surface area contributed by atoms with Crippen LogP contribution in [-0.4, -0.2) is 63.7 Å². The molecule has 1 saturated heterocycles. The van der Waals surface area contributed by atoms with Gasteiger partial charge in [0.2, 0.25) is 0 Å². The van der Waals surface area contributed by atoms with E-state index in [9.17, 15) is 25.2 Å². The second-order valence-electron chi connectivity index (χ2n) is 4.65. The van der Waals surface area contributed by atoms with Crippen LogP contribution >= 0.6 is 0 Å². The number of rotatable bonds is 6. The van der Waals surface area contributed by atoms with Crippen LogP contribution in [0.5, 0.6) is 0 Å². The van der Waals surface area contributed by atoms with Gasteiger partial charge in [-0.15, -0.1) is 0 Å². The van der Waals surface area contributed by atoms with Crippen molar-refractivity contribution in [1.82, 2.24) is 0 Å². The molecule has 5 atom stereocenters. The van der Waals surface area contributed by atoms with Crippen LogP contribution in [0.25, 0.3) is 0 Å². The first-order valence-electron chi connectivity index (χ1n) is 6.53. The third-order valence-electron chi connectivity index (χ3n) is 3.06. The molecular formula is C12H22O7. The van der Waals surface area contributed by atoms with Gasteiger partial charge in [0.15, 0.2) is 12.4 Å². The van der Waals surface area contributed by atoms with Crippen LogP contribution in [0.2, 0.25) is 0 Å². The zero-order valence-corrected chi connectivity index (χ0v) is 10.9. The van der Waals surface area contributed by atoms with Crippen LogP contribution in [-0.2, 0) is 14.3 Å². The molecule has 1 aliphatic heterocycles. The van der Waals surface area contributed by atoms with E-state index in [2.05, 4.69) is 6.92 Å². The van der Waals surface area contributed by atoms with Crippen molar-refractivity contribution in [3.63, 3.8) is 0 Å². The molecule has 0 radical (unpaired) electrons. The summed E-state index contributed by atoms with van der Waals surface area (Å²) < 4.78 is 9.64. The number of aliphatic hydroxyl groups excluding tert-OH is 4. The first-order chi connectivity index (χ1) is 8.99. The minimum atomic E-state index is -1.73. The van der Waals surface area contributed by atoms with E-state index in [1.165, 1.54) is 0 Å². The summed E-state index contributed by atoms with van der Waals surface area (Å²) in [5, 5.41) is 37.5. The third-order valence-corrected chi connectivity index (χ3v) is 3.06. The summed E-state index contributed by atoms with van der Waals surface area (Å²) in [5.41, 5.74) is 0. The molecular weight excluding hydrogens is 256 g/mol. The lowest BCUT2D eigenvalue weighted by molar-refractivity contribution is -0.281. The van der Waals surface area contributed by atoms with Gasteiger partial charge in [0.25, 0.3) is 0 Å². The molecule has 0 aromatic carbocycles. The molecule has 1 fully saturated rings. The van der Waals surface area contributed by atoms with E-state index in [0.29, 0.717) is 6.42 Å². The minimum Gasteiger partial charge on any atom is -0.464 e. The van der Waals surface area contributed by atoms with Gasteiger partial charge in [-0.1, -0.05) is 26.2 Å². The van der Waals surface area contributed by atoms with Crippen LogP contribution in [0.1, 0.15) is 32.6 Å². The van der Waals surface area contributed by atoms with Gasteiger partial charge in [0.1, 0.15) is 18.3 Å². The fraction of sp³-hybridized carbons (Fsp3) is 0.917. The largest absolute Gasteiger partial charge is 0.464 e. The summed E-state index contributed by atoms with van der Waals surface area (Å²) in [6.07, 6.45) is -4.39. The molecule has 7 heteroatoms. The fourth-order valence-electron chi connectivity index (χ4n) is 1.84. The Morgan fingerprint density at radius 2 is 1.74 bits per heavy atom. The van der Waals surface area contributed by atoms with E-state index in [1.54, 1.807) is 0 Å². The van der Waals surface area contributed by atoms with E-state index in [0.717, 1.165) is 19.3 Å². The zero-order valence-electron chi connectivity index (χ0n) is 10.9. The molecule has 0 amide bonds. The predicted molar refractivity (Wildman–Crippen MR) is 64.0 cm³/mol. The molecule has 4 N–H and O–H groups in total. The molecule has 0 aliphatic carbocycles. The summed E-state index contributed by atoms with van der Waals surface area (Å²) in [5.74, 6) is -0.853. The van der Waals surface area contributed by atoms with Crippen LogP contribution in [0, 0.1) is 0 Å². The molecule has 112 valence electrons. The molecule has 7 nitrogen and oxygen atoms in total. The Balaban J connectivity index is 2.39. The summed E-state index contributed by atoms with van der Waals surface area (Å²) in [4.78, 5) is 11.6. The van der Waals surface area contributed by atoms with Crippen molar-refractivity contribution in [2.24, 2.45) is 0 Å². The van der Waals surface area contributed by atoms with E-state index >= 15 is 0 Å². The van der Waals surface area contributed by atoms with Crippen molar-refractivity contribution < 1.29 is 34.7 Å². The van der Waals surface area contributed by atoms with E-state index < -0.39 is 36.7 Å². The smallest absolute Gasteiger partial charge is 0.338 e. The molecule has 0 saturated carbocycles. The Morgan fingerprint density at radius 1 is 1.05 bits per heavy atom. The van der Waals surface area contributed by atoms with Gasteiger partial charge in [0, 0.05) is 0 Å². The molecule has 0 unspecified atom stereocenters. The lowest BCUT2D eigenvalue weighted by Crippen LogP contribution is -2.59. The van der Waals surface area contributed by atoms with Gasteiger partial charge in [-0.2, -0.15) is 0 Å². The molecule has 19 heavy (non-hydrogen) atoms. The van der Waals surface area contributed by atoms with Crippen LogP contribution in [0.3, 0.4) is 0 Å². The van der Waals surface area contributed by atoms with E-state index in [1.807, 2.05) is 0 Å². The first kappa shape index (κ1) is 16.3. The van der Waals surface area contributed by atoms with Crippen molar-refractivity contribution in [2.75, 3.05) is 6.61 Å². The number of ether oxygens (including phenoxy) is 2.